The molecule has 2 aliphatic rings. The van der Waals surface area contributed by atoms with E-state index in [0.29, 0.717) is 17.4 Å². The first-order valence-corrected chi connectivity index (χ1v) is 9.98. The summed E-state index contributed by atoms with van der Waals surface area (Å²) in [4.78, 5) is 15.7. The van der Waals surface area contributed by atoms with Gasteiger partial charge < -0.3 is 5.32 Å². The van der Waals surface area contributed by atoms with Gasteiger partial charge in [0, 0.05) is 11.2 Å². The van der Waals surface area contributed by atoms with Gasteiger partial charge in [-0.1, -0.05) is 32.1 Å². The van der Waals surface area contributed by atoms with Crippen molar-refractivity contribution in [3.05, 3.63) is 29.8 Å². The fourth-order valence-electron chi connectivity index (χ4n) is 4.80. The molecule has 2 atom stereocenters. The molecule has 0 bridgehead atoms. The van der Waals surface area contributed by atoms with Crippen LogP contribution in [-0.2, 0) is 4.79 Å². The molecule has 0 aromatic heterocycles. The average Bonchev–Trinajstić information content (AvgIpc) is 3.09. The first kappa shape index (κ1) is 18.9. The summed E-state index contributed by atoms with van der Waals surface area (Å²) >= 11 is 0. The lowest BCUT2D eigenvalue weighted by Crippen LogP contribution is -2.52. The summed E-state index contributed by atoms with van der Waals surface area (Å²) in [5, 5.41) is 12.1. The molecule has 1 aliphatic heterocycles. The van der Waals surface area contributed by atoms with Crippen molar-refractivity contribution < 1.29 is 4.79 Å². The molecule has 1 saturated heterocycles. The van der Waals surface area contributed by atoms with E-state index in [1.807, 2.05) is 12.1 Å². The molecule has 1 amide bonds. The third kappa shape index (κ3) is 4.10. The first-order valence-electron chi connectivity index (χ1n) is 9.98. The molecule has 26 heavy (non-hydrogen) atoms. The number of benzene rings is 1. The van der Waals surface area contributed by atoms with Crippen molar-refractivity contribution in [2.45, 2.75) is 70.9 Å². The maximum Gasteiger partial charge on any atom is 0.242 e. The molecule has 0 spiro atoms. The average molecular weight is 354 g/mol. The van der Waals surface area contributed by atoms with Crippen LogP contribution in [-0.4, -0.2) is 28.9 Å². The number of likely N-dealkylation sites (tertiary alicyclic amines) is 1. The second kappa shape index (κ2) is 7.80. The molecule has 4 heteroatoms. The number of nitrogens with zero attached hydrogens (tertiary/aromatic N) is 2. The van der Waals surface area contributed by atoms with Crippen molar-refractivity contribution in [2.75, 3.05) is 11.9 Å². The summed E-state index contributed by atoms with van der Waals surface area (Å²) in [6.45, 7) is 7.62. The maximum absolute atomic E-state index is 13.3. The Bertz CT molecular complexity index is 662. The van der Waals surface area contributed by atoms with Crippen LogP contribution in [0.2, 0.25) is 0 Å². The van der Waals surface area contributed by atoms with E-state index in [-0.39, 0.29) is 17.5 Å². The van der Waals surface area contributed by atoms with Gasteiger partial charge in [0.05, 0.1) is 17.7 Å². The van der Waals surface area contributed by atoms with Crippen molar-refractivity contribution >= 4 is 11.6 Å². The van der Waals surface area contributed by atoms with Gasteiger partial charge in [0.25, 0.3) is 0 Å². The summed E-state index contributed by atoms with van der Waals surface area (Å²) in [7, 11) is 0. The fraction of sp³-hybridized carbons (Fsp3) is 0.636. The van der Waals surface area contributed by atoms with Crippen LogP contribution in [0.1, 0.15) is 64.9 Å². The number of rotatable bonds is 3. The van der Waals surface area contributed by atoms with Crippen LogP contribution in [0, 0.1) is 23.2 Å². The van der Waals surface area contributed by atoms with Gasteiger partial charge in [-0.25, -0.2) is 0 Å². The molecule has 0 radical (unpaired) electrons. The minimum atomic E-state index is -0.0613. The Morgan fingerprint density at radius 2 is 1.77 bits per heavy atom. The highest BCUT2D eigenvalue weighted by molar-refractivity contribution is 5.95. The van der Waals surface area contributed by atoms with Crippen LogP contribution in [0.5, 0.6) is 0 Å². The standard InChI is InChI=1S/C22H31N3O/c1-22(2,3)25-14-13-19(17-7-5-4-6-8-17)20(25)21(26)24-18-11-9-16(15-23)10-12-18/h9-12,17,19-20H,4-8,13-14H2,1-3H3,(H,24,26)/t19-,20-/m0/s1. The van der Waals surface area contributed by atoms with Gasteiger partial charge in [-0.15, -0.1) is 0 Å². The Labute approximate surface area is 157 Å². The Kier molecular flexibility index (Phi) is 5.67. The lowest BCUT2D eigenvalue weighted by atomic mass is 9.76. The molecule has 1 aliphatic carbocycles. The van der Waals surface area contributed by atoms with Gasteiger partial charge >= 0.3 is 0 Å². The van der Waals surface area contributed by atoms with Gasteiger partial charge in [-0.3, -0.25) is 9.69 Å². The van der Waals surface area contributed by atoms with Crippen LogP contribution < -0.4 is 5.32 Å². The van der Waals surface area contributed by atoms with Crippen LogP contribution in [0.4, 0.5) is 5.69 Å². The summed E-state index contributed by atoms with van der Waals surface area (Å²) in [6.07, 6.45) is 7.61. The van der Waals surface area contributed by atoms with Crippen molar-refractivity contribution in [1.29, 1.82) is 5.26 Å². The molecule has 4 nitrogen and oxygen atoms in total. The predicted octanol–water partition coefficient (Wildman–Crippen LogP) is 4.57. The van der Waals surface area contributed by atoms with Crippen molar-refractivity contribution in [2.24, 2.45) is 11.8 Å². The largest absolute Gasteiger partial charge is 0.325 e. The van der Waals surface area contributed by atoms with Crippen LogP contribution in [0.25, 0.3) is 0 Å². The third-order valence-electron chi connectivity index (χ3n) is 6.11. The smallest absolute Gasteiger partial charge is 0.242 e. The lowest BCUT2D eigenvalue weighted by molar-refractivity contribution is -0.124. The molecule has 140 valence electrons. The van der Waals surface area contributed by atoms with Crippen molar-refractivity contribution in [1.82, 2.24) is 4.90 Å². The summed E-state index contributed by atoms with van der Waals surface area (Å²) in [5.41, 5.74) is 1.37. The Balaban J connectivity index is 1.79. The topological polar surface area (TPSA) is 56.1 Å². The fourth-order valence-corrected chi connectivity index (χ4v) is 4.80. The zero-order valence-corrected chi connectivity index (χ0v) is 16.3. The maximum atomic E-state index is 13.3. The van der Waals surface area contributed by atoms with E-state index in [4.69, 9.17) is 5.26 Å². The zero-order chi connectivity index (χ0) is 18.7. The second-order valence-electron chi connectivity index (χ2n) is 8.84. The number of carbonyl (C=O) groups is 1. The summed E-state index contributed by atoms with van der Waals surface area (Å²) in [5.74, 6) is 1.23. The highest BCUT2D eigenvalue weighted by Gasteiger charge is 2.46. The summed E-state index contributed by atoms with van der Waals surface area (Å²) in [6, 6.07) is 9.21. The monoisotopic (exact) mass is 353 g/mol. The van der Waals surface area contributed by atoms with E-state index in [9.17, 15) is 4.79 Å². The first-order chi connectivity index (χ1) is 12.4. The van der Waals surface area contributed by atoms with Crippen molar-refractivity contribution in [3.63, 3.8) is 0 Å². The van der Waals surface area contributed by atoms with Crippen LogP contribution in [0.3, 0.4) is 0 Å². The van der Waals surface area contributed by atoms with Gasteiger partial charge in [-0.2, -0.15) is 5.26 Å². The summed E-state index contributed by atoms with van der Waals surface area (Å²) < 4.78 is 0. The third-order valence-corrected chi connectivity index (χ3v) is 6.11. The van der Waals surface area contributed by atoms with E-state index in [1.54, 1.807) is 12.1 Å². The van der Waals surface area contributed by atoms with E-state index in [2.05, 4.69) is 37.1 Å². The quantitative estimate of drug-likeness (QED) is 0.866. The molecule has 1 aromatic carbocycles. The molecular weight excluding hydrogens is 322 g/mol. The molecule has 1 saturated carbocycles. The molecule has 1 N–H and O–H groups in total. The zero-order valence-electron chi connectivity index (χ0n) is 16.3. The number of amides is 1. The number of nitrogens with one attached hydrogen (secondary N) is 1. The number of carbonyl (C=O) groups excluding carboxylic acids is 1. The minimum Gasteiger partial charge on any atom is -0.325 e. The van der Waals surface area contributed by atoms with Crippen LogP contribution >= 0.6 is 0 Å². The molecule has 2 fully saturated rings. The SMILES string of the molecule is CC(C)(C)N1CC[C@@H](C2CCCCC2)[C@H]1C(=O)Nc1ccc(C#N)cc1. The van der Waals surface area contributed by atoms with E-state index >= 15 is 0 Å². The van der Waals surface area contributed by atoms with Crippen LogP contribution in [0.15, 0.2) is 24.3 Å². The second-order valence-corrected chi connectivity index (χ2v) is 8.84. The van der Waals surface area contributed by atoms with E-state index in [0.717, 1.165) is 18.7 Å². The number of hydrogen-bond acceptors (Lipinski definition) is 3. The molecule has 1 heterocycles. The normalized spacial score (nSPS) is 25.0. The van der Waals surface area contributed by atoms with Gasteiger partial charge in [0.15, 0.2) is 0 Å². The number of hydrogen-bond donors (Lipinski definition) is 1. The molecule has 1 aromatic rings. The molecular formula is C22H31N3O. The minimum absolute atomic E-state index is 0.0178. The van der Waals surface area contributed by atoms with Gasteiger partial charge in [0.2, 0.25) is 5.91 Å². The van der Waals surface area contributed by atoms with Gasteiger partial charge in [-0.05, 0) is 69.8 Å². The predicted molar refractivity (Wildman–Crippen MR) is 105 cm³/mol. The highest BCUT2D eigenvalue weighted by Crippen LogP contribution is 2.41. The molecule has 3 rings (SSSR count). The van der Waals surface area contributed by atoms with E-state index < -0.39 is 0 Å². The number of anilines is 1. The molecule has 0 unspecified atom stereocenters. The van der Waals surface area contributed by atoms with Crippen molar-refractivity contribution in [3.8, 4) is 6.07 Å². The Morgan fingerprint density at radius 3 is 2.35 bits per heavy atom. The van der Waals surface area contributed by atoms with Gasteiger partial charge in [0.1, 0.15) is 0 Å². The number of nitriles is 1. The highest BCUT2D eigenvalue weighted by atomic mass is 16.2. The van der Waals surface area contributed by atoms with E-state index in [1.165, 1.54) is 32.1 Å². The Morgan fingerprint density at radius 1 is 1.12 bits per heavy atom. The Hall–Kier alpha value is -1.86. The lowest BCUT2D eigenvalue weighted by Gasteiger charge is -2.39.